The fourth-order valence-corrected chi connectivity index (χ4v) is 11.1. The van der Waals surface area contributed by atoms with E-state index in [1.165, 1.54) is 110 Å². The molecule has 61 heavy (non-hydrogen) atoms. The van der Waals surface area contributed by atoms with Crippen molar-refractivity contribution in [2.75, 3.05) is 4.90 Å². The Labute approximate surface area is 355 Å². The van der Waals surface area contributed by atoms with E-state index in [1.54, 1.807) is 0 Å². The van der Waals surface area contributed by atoms with Crippen molar-refractivity contribution in [3.05, 3.63) is 162 Å². The van der Waals surface area contributed by atoms with Gasteiger partial charge in [-0.05, 0) is 132 Å². The van der Waals surface area contributed by atoms with Crippen molar-refractivity contribution in [3.8, 4) is 11.1 Å². The maximum Gasteiger partial charge on any atom is 0.333 e. The Balaban J connectivity index is 1.27. The number of hydrogen-bond acceptors (Lipinski definition) is 2. The molecule has 0 unspecified atom stereocenters. The largest absolute Gasteiger partial charge is 0.455 e. The van der Waals surface area contributed by atoms with Gasteiger partial charge in [-0.3, -0.25) is 0 Å². The Kier molecular flexibility index (Phi) is 6.74. The predicted molar refractivity (Wildman–Crippen MR) is 262 cm³/mol. The molecule has 0 bridgehead atoms. The third-order valence-corrected chi connectivity index (χ3v) is 14.1. The van der Waals surface area contributed by atoms with Gasteiger partial charge in [0.15, 0.2) is 0 Å². The normalized spacial score (nSPS) is 13.8. The average Bonchev–Trinajstić information content (AvgIpc) is 3.80. The van der Waals surface area contributed by atoms with Crippen molar-refractivity contribution in [1.29, 1.82) is 0 Å². The van der Waals surface area contributed by atoms with Crippen LogP contribution in [-0.4, -0.2) is 11.3 Å². The minimum Gasteiger partial charge on any atom is -0.455 e. The zero-order valence-corrected chi connectivity index (χ0v) is 35.7. The standard InChI is InChI=1S/C57H45BN2O/c1-32-43-25-34-17-9-8-16-33(34)24-36(43)26-46-53(32)59(39-29-37(56(2,3)4)28-38(30-39)57(5,6)7)48-27-35-18-10-11-19-40(35)50-45-31-44-41-20-13-15-23-49(41)61-55(44)51-42-21-12-14-22-47(42)60(54(45)51)58(46)52(48)50/h8-31H,1-7H3. The summed E-state index contributed by atoms with van der Waals surface area (Å²) >= 11 is 0. The molecule has 2 aliphatic rings. The van der Waals surface area contributed by atoms with Crippen LogP contribution in [-0.2, 0) is 10.8 Å². The van der Waals surface area contributed by atoms with E-state index in [0.29, 0.717) is 0 Å². The van der Waals surface area contributed by atoms with Crippen LogP contribution in [0.5, 0.6) is 0 Å². The fourth-order valence-electron chi connectivity index (χ4n) is 11.1. The Hall–Kier alpha value is -6.78. The molecule has 0 N–H and O–H groups in total. The van der Waals surface area contributed by atoms with Gasteiger partial charge in [0.2, 0.25) is 0 Å². The predicted octanol–water partition coefficient (Wildman–Crippen LogP) is 14.5. The number of benzene rings is 9. The highest BCUT2D eigenvalue weighted by molar-refractivity contribution is 6.90. The molecule has 13 rings (SSSR count). The second kappa shape index (κ2) is 11.7. The summed E-state index contributed by atoms with van der Waals surface area (Å²) in [5.41, 5.74) is 17.2. The van der Waals surface area contributed by atoms with Crippen LogP contribution < -0.4 is 15.8 Å². The van der Waals surface area contributed by atoms with Gasteiger partial charge in [-0.1, -0.05) is 139 Å². The molecule has 0 fully saturated rings. The minimum atomic E-state index is -0.0972. The topological polar surface area (TPSA) is 21.3 Å². The molecule has 0 radical (unpaired) electrons. The highest BCUT2D eigenvalue weighted by Gasteiger charge is 2.45. The molecule has 4 heteroatoms. The number of para-hydroxylation sites is 2. The number of aryl methyl sites for hydroxylation is 1. The van der Waals surface area contributed by atoms with Crippen LogP contribution in [0.3, 0.4) is 0 Å². The zero-order chi connectivity index (χ0) is 41.3. The van der Waals surface area contributed by atoms with Crippen molar-refractivity contribution in [2.24, 2.45) is 0 Å². The van der Waals surface area contributed by atoms with Crippen LogP contribution in [0, 0.1) is 6.92 Å². The first-order chi connectivity index (χ1) is 29.4. The zero-order valence-electron chi connectivity index (χ0n) is 35.7. The van der Waals surface area contributed by atoms with E-state index >= 15 is 0 Å². The molecule has 2 aliphatic heterocycles. The lowest BCUT2D eigenvalue weighted by molar-refractivity contribution is 0.569. The van der Waals surface area contributed by atoms with E-state index in [9.17, 15) is 0 Å². The van der Waals surface area contributed by atoms with Gasteiger partial charge in [0, 0.05) is 49.8 Å². The number of rotatable bonds is 1. The Morgan fingerprint density at radius 1 is 0.541 bits per heavy atom. The Bertz CT molecular complexity index is 3720. The van der Waals surface area contributed by atoms with Crippen LogP contribution in [0.15, 0.2) is 150 Å². The maximum absolute atomic E-state index is 6.91. The van der Waals surface area contributed by atoms with E-state index in [1.807, 2.05) is 0 Å². The number of nitrogens with zero attached hydrogens (tertiary/aromatic N) is 2. The molecular formula is C57H45BN2O. The van der Waals surface area contributed by atoms with Crippen molar-refractivity contribution in [1.82, 2.24) is 4.48 Å². The second-order valence-corrected chi connectivity index (χ2v) is 19.8. The van der Waals surface area contributed by atoms with Gasteiger partial charge in [-0.2, -0.15) is 0 Å². The number of anilines is 3. The Morgan fingerprint density at radius 2 is 1.18 bits per heavy atom. The number of hydrogen-bond donors (Lipinski definition) is 0. The fraction of sp³-hybridized carbons (Fsp3) is 0.158. The first-order valence-corrected chi connectivity index (χ1v) is 21.8. The summed E-state index contributed by atoms with van der Waals surface area (Å²) in [7, 11) is 0. The average molecular weight is 785 g/mol. The summed E-state index contributed by atoms with van der Waals surface area (Å²) in [5, 5.41) is 12.3. The lowest BCUT2D eigenvalue weighted by Crippen LogP contribution is -2.57. The van der Waals surface area contributed by atoms with Crippen molar-refractivity contribution < 1.29 is 4.42 Å². The molecule has 3 nitrogen and oxygen atoms in total. The summed E-state index contributed by atoms with van der Waals surface area (Å²) in [4.78, 5) is 2.66. The third kappa shape index (κ3) is 4.65. The maximum atomic E-state index is 6.91. The molecule has 4 heterocycles. The van der Waals surface area contributed by atoms with Gasteiger partial charge in [-0.25, -0.2) is 0 Å². The van der Waals surface area contributed by atoms with Crippen LogP contribution >= 0.6 is 0 Å². The van der Waals surface area contributed by atoms with E-state index in [4.69, 9.17) is 4.42 Å². The summed E-state index contributed by atoms with van der Waals surface area (Å²) < 4.78 is 9.59. The molecule has 0 amide bonds. The lowest BCUT2D eigenvalue weighted by Gasteiger charge is -2.42. The van der Waals surface area contributed by atoms with E-state index in [0.717, 1.165) is 21.9 Å². The van der Waals surface area contributed by atoms with Gasteiger partial charge < -0.3 is 13.8 Å². The molecule has 0 atom stereocenters. The van der Waals surface area contributed by atoms with E-state index in [2.05, 4.69) is 203 Å². The Morgan fingerprint density at radius 3 is 1.92 bits per heavy atom. The monoisotopic (exact) mass is 784 g/mol. The molecule has 292 valence electrons. The number of fused-ring (bicyclic) bond motifs is 15. The van der Waals surface area contributed by atoms with Crippen molar-refractivity contribution in [2.45, 2.75) is 59.3 Å². The minimum absolute atomic E-state index is 0.0509. The smallest absolute Gasteiger partial charge is 0.333 e. The van der Waals surface area contributed by atoms with Gasteiger partial charge in [0.05, 0.1) is 5.39 Å². The molecule has 9 aromatic carbocycles. The highest BCUT2D eigenvalue weighted by Crippen LogP contribution is 2.52. The van der Waals surface area contributed by atoms with Crippen LogP contribution in [0.4, 0.5) is 17.1 Å². The van der Waals surface area contributed by atoms with E-state index < -0.39 is 0 Å². The van der Waals surface area contributed by atoms with Crippen molar-refractivity contribution in [3.63, 3.8) is 0 Å². The second-order valence-electron chi connectivity index (χ2n) is 19.8. The molecule has 2 aromatic heterocycles. The van der Waals surface area contributed by atoms with Gasteiger partial charge in [0.1, 0.15) is 11.2 Å². The van der Waals surface area contributed by atoms with Crippen LogP contribution in [0.2, 0.25) is 0 Å². The van der Waals surface area contributed by atoms with E-state index in [-0.39, 0.29) is 17.7 Å². The molecule has 0 aliphatic carbocycles. The number of aromatic nitrogens is 1. The van der Waals surface area contributed by atoms with Gasteiger partial charge in [-0.15, -0.1) is 0 Å². The lowest BCUT2D eigenvalue weighted by atomic mass is 9.44. The van der Waals surface area contributed by atoms with Gasteiger partial charge >= 0.3 is 6.85 Å². The quantitative estimate of drug-likeness (QED) is 0.122. The molecule has 0 saturated carbocycles. The van der Waals surface area contributed by atoms with Gasteiger partial charge in [0.25, 0.3) is 0 Å². The summed E-state index contributed by atoms with van der Waals surface area (Å²) in [6.45, 7) is 16.4. The third-order valence-electron chi connectivity index (χ3n) is 14.1. The van der Waals surface area contributed by atoms with Crippen molar-refractivity contribution >= 4 is 111 Å². The molecule has 0 spiro atoms. The molecule has 11 aromatic rings. The summed E-state index contributed by atoms with van der Waals surface area (Å²) in [6, 6.07) is 55.2. The first-order valence-electron chi connectivity index (χ1n) is 21.8. The first kappa shape index (κ1) is 35.0. The molecular weight excluding hydrogens is 739 g/mol. The summed E-state index contributed by atoms with van der Waals surface area (Å²) in [6.07, 6.45) is 0. The summed E-state index contributed by atoms with van der Waals surface area (Å²) in [5.74, 6) is 0. The van der Waals surface area contributed by atoms with Crippen LogP contribution in [0.1, 0.15) is 58.2 Å². The van der Waals surface area contributed by atoms with Crippen LogP contribution in [0.25, 0.3) is 87.2 Å². The number of furan rings is 1. The highest BCUT2D eigenvalue weighted by atomic mass is 16.3. The molecule has 0 saturated heterocycles. The SMILES string of the molecule is Cc1c2c(cc3cc4ccccc4cc13)B1c3c(cc4ccccc4c3-c3cc4c5ccccc5oc4c4c5ccccc5n1c34)N2c1cc(C(C)(C)C)cc(C(C)(C)C)c1.